The Bertz CT molecular complexity index is 616. The SMILES string of the molecule is CC(C)S(=O)(=O)Nc1ccc(Cn2cccn2)cc1. The van der Waals surface area contributed by atoms with Crippen LogP contribution in [-0.2, 0) is 16.6 Å². The summed E-state index contributed by atoms with van der Waals surface area (Å²) >= 11 is 0. The topological polar surface area (TPSA) is 64.0 Å². The minimum absolute atomic E-state index is 0.448. The molecule has 0 spiro atoms. The quantitative estimate of drug-likeness (QED) is 0.911. The molecule has 0 aliphatic heterocycles. The van der Waals surface area contributed by atoms with E-state index in [-0.39, 0.29) is 0 Å². The van der Waals surface area contributed by atoms with Gasteiger partial charge >= 0.3 is 0 Å². The summed E-state index contributed by atoms with van der Waals surface area (Å²) in [5.74, 6) is 0. The molecule has 1 heterocycles. The Kier molecular flexibility index (Phi) is 3.90. The number of hydrogen-bond donors (Lipinski definition) is 1. The zero-order valence-electron chi connectivity index (χ0n) is 10.9. The fourth-order valence-corrected chi connectivity index (χ4v) is 2.24. The molecule has 2 rings (SSSR count). The lowest BCUT2D eigenvalue weighted by Gasteiger charge is -2.11. The van der Waals surface area contributed by atoms with Crippen molar-refractivity contribution in [2.75, 3.05) is 4.72 Å². The third-order valence-corrected chi connectivity index (χ3v) is 4.50. The second-order valence-corrected chi connectivity index (χ2v) is 6.83. The van der Waals surface area contributed by atoms with Gasteiger partial charge in [-0.15, -0.1) is 0 Å². The van der Waals surface area contributed by atoms with E-state index in [0.29, 0.717) is 12.2 Å². The lowest BCUT2D eigenvalue weighted by molar-refractivity contribution is 0.593. The van der Waals surface area contributed by atoms with Gasteiger partial charge in [-0.05, 0) is 37.6 Å². The highest BCUT2D eigenvalue weighted by Gasteiger charge is 2.15. The summed E-state index contributed by atoms with van der Waals surface area (Å²) in [5.41, 5.74) is 1.65. The van der Waals surface area contributed by atoms with Crippen LogP contribution in [0.1, 0.15) is 19.4 Å². The van der Waals surface area contributed by atoms with Crippen LogP contribution in [0.15, 0.2) is 42.7 Å². The number of nitrogens with one attached hydrogen (secondary N) is 1. The molecule has 2 aromatic rings. The van der Waals surface area contributed by atoms with E-state index in [0.717, 1.165) is 5.56 Å². The summed E-state index contributed by atoms with van der Waals surface area (Å²) in [6.45, 7) is 3.97. The number of sulfonamides is 1. The highest BCUT2D eigenvalue weighted by Crippen LogP contribution is 2.14. The van der Waals surface area contributed by atoms with Gasteiger partial charge in [0.25, 0.3) is 0 Å². The second kappa shape index (κ2) is 5.44. The predicted molar refractivity (Wildman–Crippen MR) is 75.4 cm³/mol. The van der Waals surface area contributed by atoms with Crippen LogP contribution in [0.5, 0.6) is 0 Å². The molecule has 0 aliphatic rings. The largest absolute Gasteiger partial charge is 0.283 e. The highest BCUT2D eigenvalue weighted by molar-refractivity contribution is 7.93. The maximum absolute atomic E-state index is 11.7. The van der Waals surface area contributed by atoms with E-state index in [1.54, 1.807) is 32.2 Å². The number of aromatic nitrogens is 2. The van der Waals surface area contributed by atoms with Crippen molar-refractivity contribution in [2.24, 2.45) is 0 Å². The van der Waals surface area contributed by atoms with Crippen molar-refractivity contribution in [3.8, 4) is 0 Å². The van der Waals surface area contributed by atoms with E-state index in [1.165, 1.54) is 0 Å². The molecule has 0 unspecified atom stereocenters. The molecule has 0 aliphatic carbocycles. The maximum Gasteiger partial charge on any atom is 0.235 e. The Balaban J connectivity index is 2.07. The molecular formula is C13H17N3O2S. The van der Waals surface area contributed by atoms with Gasteiger partial charge in [-0.2, -0.15) is 5.10 Å². The van der Waals surface area contributed by atoms with Gasteiger partial charge in [0.2, 0.25) is 10.0 Å². The molecule has 6 heteroatoms. The standard InChI is InChI=1S/C13H17N3O2S/c1-11(2)19(17,18)15-13-6-4-12(5-7-13)10-16-9-3-8-14-16/h3-9,11,15H,10H2,1-2H3. The summed E-state index contributed by atoms with van der Waals surface area (Å²) in [7, 11) is -3.28. The van der Waals surface area contributed by atoms with Gasteiger partial charge in [0.1, 0.15) is 0 Å². The number of hydrogen-bond acceptors (Lipinski definition) is 3. The molecule has 5 nitrogen and oxygen atoms in total. The molecule has 0 atom stereocenters. The van der Waals surface area contributed by atoms with Crippen LogP contribution in [0, 0.1) is 0 Å². The molecule has 0 radical (unpaired) electrons. The van der Waals surface area contributed by atoms with Crippen molar-refractivity contribution >= 4 is 15.7 Å². The lowest BCUT2D eigenvalue weighted by atomic mass is 10.2. The van der Waals surface area contributed by atoms with E-state index in [9.17, 15) is 8.42 Å². The first-order valence-corrected chi connectivity index (χ1v) is 7.60. The van der Waals surface area contributed by atoms with Crippen LogP contribution in [0.2, 0.25) is 0 Å². The van der Waals surface area contributed by atoms with E-state index < -0.39 is 15.3 Å². The Labute approximate surface area is 113 Å². The smallest absolute Gasteiger partial charge is 0.235 e. The maximum atomic E-state index is 11.7. The summed E-state index contributed by atoms with van der Waals surface area (Å²) < 4.78 is 27.8. The molecule has 1 N–H and O–H groups in total. The molecule has 0 bridgehead atoms. The minimum Gasteiger partial charge on any atom is -0.283 e. The summed E-state index contributed by atoms with van der Waals surface area (Å²) in [5, 5.41) is 3.67. The molecule has 0 fully saturated rings. The van der Waals surface area contributed by atoms with Gasteiger partial charge in [-0.25, -0.2) is 8.42 Å². The molecule has 19 heavy (non-hydrogen) atoms. The molecule has 0 saturated heterocycles. The van der Waals surface area contributed by atoms with Crippen molar-refractivity contribution in [2.45, 2.75) is 25.6 Å². The van der Waals surface area contributed by atoms with Gasteiger partial charge in [0, 0.05) is 18.1 Å². The van der Waals surface area contributed by atoms with Crippen molar-refractivity contribution in [1.82, 2.24) is 9.78 Å². The van der Waals surface area contributed by atoms with Crippen LogP contribution in [0.25, 0.3) is 0 Å². The van der Waals surface area contributed by atoms with Crippen LogP contribution < -0.4 is 4.72 Å². The molecular weight excluding hydrogens is 262 g/mol. The number of rotatable bonds is 5. The van der Waals surface area contributed by atoms with E-state index in [4.69, 9.17) is 0 Å². The van der Waals surface area contributed by atoms with E-state index in [1.807, 2.05) is 29.1 Å². The van der Waals surface area contributed by atoms with E-state index >= 15 is 0 Å². The third kappa shape index (κ3) is 3.57. The third-order valence-electron chi connectivity index (χ3n) is 2.74. The van der Waals surface area contributed by atoms with Crippen molar-refractivity contribution in [3.05, 3.63) is 48.3 Å². The van der Waals surface area contributed by atoms with Crippen molar-refractivity contribution in [3.63, 3.8) is 0 Å². The Morgan fingerprint density at radius 3 is 2.47 bits per heavy atom. The van der Waals surface area contributed by atoms with Crippen LogP contribution in [0.3, 0.4) is 0 Å². The fraction of sp³-hybridized carbons (Fsp3) is 0.308. The summed E-state index contributed by atoms with van der Waals surface area (Å²) in [4.78, 5) is 0. The normalized spacial score (nSPS) is 11.7. The monoisotopic (exact) mass is 279 g/mol. The fourth-order valence-electron chi connectivity index (χ4n) is 1.54. The first kappa shape index (κ1) is 13.6. The summed E-state index contributed by atoms with van der Waals surface area (Å²) in [6.07, 6.45) is 3.61. The molecule has 0 saturated carbocycles. The number of benzene rings is 1. The van der Waals surface area contributed by atoms with Gasteiger partial charge in [0.05, 0.1) is 11.8 Å². The summed E-state index contributed by atoms with van der Waals surface area (Å²) in [6, 6.07) is 9.17. The first-order chi connectivity index (χ1) is 8.97. The second-order valence-electron chi connectivity index (χ2n) is 4.60. The zero-order chi connectivity index (χ0) is 13.9. The Morgan fingerprint density at radius 1 is 1.26 bits per heavy atom. The average Bonchev–Trinajstić information content (AvgIpc) is 2.84. The van der Waals surface area contributed by atoms with Gasteiger partial charge < -0.3 is 0 Å². The van der Waals surface area contributed by atoms with Gasteiger partial charge in [-0.3, -0.25) is 9.40 Å². The highest BCUT2D eigenvalue weighted by atomic mass is 32.2. The van der Waals surface area contributed by atoms with Crippen molar-refractivity contribution < 1.29 is 8.42 Å². The molecule has 1 aromatic carbocycles. The lowest BCUT2D eigenvalue weighted by Crippen LogP contribution is -2.22. The molecule has 0 amide bonds. The van der Waals surface area contributed by atoms with Crippen LogP contribution in [-0.4, -0.2) is 23.4 Å². The number of nitrogens with zero attached hydrogens (tertiary/aromatic N) is 2. The Morgan fingerprint density at radius 2 is 1.95 bits per heavy atom. The zero-order valence-corrected chi connectivity index (χ0v) is 11.8. The number of anilines is 1. The minimum atomic E-state index is -3.28. The van der Waals surface area contributed by atoms with Crippen LogP contribution >= 0.6 is 0 Å². The Hall–Kier alpha value is -1.82. The van der Waals surface area contributed by atoms with Gasteiger partial charge in [0.15, 0.2) is 0 Å². The molecule has 1 aromatic heterocycles. The van der Waals surface area contributed by atoms with Gasteiger partial charge in [-0.1, -0.05) is 12.1 Å². The van der Waals surface area contributed by atoms with E-state index in [2.05, 4.69) is 9.82 Å². The predicted octanol–water partition coefficient (Wildman–Crippen LogP) is 2.08. The average molecular weight is 279 g/mol. The van der Waals surface area contributed by atoms with Crippen LogP contribution in [0.4, 0.5) is 5.69 Å². The first-order valence-electron chi connectivity index (χ1n) is 6.05. The van der Waals surface area contributed by atoms with Crippen molar-refractivity contribution in [1.29, 1.82) is 0 Å². The molecule has 102 valence electrons.